The van der Waals surface area contributed by atoms with Crippen molar-refractivity contribution >= 4 is 5.97 Å². The molecule has 1 N–H and O–H groups in total. The maximum absolute atomic E-state index is 10.9. The Labute approximate surface area is 103 Å². The molecule has 0 amide bonds. The first-order valence-electron chi connectivity index (χ1n) is 6.31. The summed E-state index contributed by atoms with van der Waals surface area (Å²) in [4.78, 5) is 13.1. The largest absolute Gasteiger partial charge is 0.481 e. The van der Waals surface area contributed by atoms with Gasteiger partial charge < -0.3 is 10.0 Å². The van der Waals surface area contributed by atoms with Crippen molar-refractivity contribution in [2.75, 3.05) is 19.6 Å². The zero-order valence-corrected chi connectivity index (χ0v) is 10.8. The van der Waals surface area contributed by atoms with Gasteiger partial charge in [-0.2, -0.15) is 5.26 Å². The van der Waals surface area contributed by atoms with Gasteiger partial charge in [0.25, 0.3) is 0 Å². The second kappa shape index (κ2) is 6.02. The maximum atomic E-state index is 10.9. The summed E-state index contributed by atoms with van der Waals surface area (Å²) in [6.07, 6.45) is 3.61. The Hall–Kier alpha value is -1.08. The zero-order chi connectivity index (χ0) is 12.9. The van der Waals surface area contributed by atoms with E-state index in [1.807, 2.05) is 13.8 Å². The molecule has 0 spiro atoms. The second-order valence-corrected chi connectivity index (χ2v) is 5.58. The number of hydrogen-bond acceptors (Lipinski definition) is 3. The zero-order valence-electron chi connectivity index (χ0n) is 10.8. The molecule has 1 rings (SSSR count). The summed E-state index contributed by atoms with van der Waals surface area (Å²) in [6.45, 7) is 6.47. The average molecular weight is 238 g/mol. The fourth-order valence-corrected chi connectivity index (χ4v) is 2.26. The first-order valence-corrected chi connectivity index (χ1v) is 6.31. The molecule has 1 fully saturated rings. The number of rotatable bonds is 5. The highest BCUT2D eigenvalue weighted by molar-refractivity contribution is 5.70. The first-order chi connectivity index (χ1) is 7.94. The molecule has 0 aromatic carbocycles. The van der Waals surface area contributed by atoms with E-state index in [1.54, 1.807) is 0 Å². The van der Waals surface area contributed by atoms with Crippen LogP contribution in [0.1, 0.15) is 39.5 Å². The quantitative estimate of drug-likeness (QED) is 0.796. The molecule has 1 heterocycles. The topological polar surface area (TPSA) is 64.3 Å². The van der Waals surface area contributed by atoms with Crippen LogP contribution in [0.25, 0.3) is 0 Å². The number of piperidine rings is 1. The fraction of sp³-hybridized carbons (Fsp3) is 0.846. The van der Waals surface area contributed by atoms with Crippen LogP contribution in [0.4, 0.5) is 0 Å². The summed E-state index contributed by atoms with van der Waals surface area (Å²) < 4.78 is 0. The van der Waals surface area contributed by atoms with E-state index in [1.165, 1.54) is 0 Å². The van der Waals surface area contributed by atoms with Gasteiger partial charge in [0.15, 0.2) is 0 Å². The van der Waals surface area contributed by atoms with Gasteiger partial charge in [0, 0.05) is 6.54 Å². The Morgan fingerprint density at radius 1 is 1.59 bits per heavy atom. The van der Waals surface area contributed by atoms with Gasteiger partial charge in [-0.15, -0.1) is 0 Å². The van der Waals surface area contributed by atoms with Gasteiger partial charge in [-0.05, 0) is 52.6 Å². The van der Waals surface area contributed by atoms with E-state index in [-0.39, 0.29) is 11.3 Å². The van der Waals surface area contributed by atoms with Crippen LogP contribution >= 0.6 is 0 Å². The molecule has 1 saturated heterocycles. The third-order valence-corrected chi connectivity index (χ3v) is 3.43. The van der Waals surface area contributed by atoms with Crippen molar-refractivity contribution in [3.63, 3.8) is 0 Å². The molecule has 1 aliphatic rings. The number of carboxylic acids is 1. The summed E-state index contributed by atoms with van der Waals surface area (Å²) >= 11 is 0. The highest BCUT2D eigenvalue weighted by Crippen LogP contribution is 2.22. The number of hydrogen-bond donors (Lipinski definition) is 1. The molecule has 0 aliphatic carbocycles. The van der Waals surface area contributed by atoms with Crippen LogP contribution in [0.15, 0.2) is 0 Å². The van der Waals surface area contributed by atoms with Crippen LogP contribution in [0.3, 0.4) is 0 Å². The fourth-order valence-electron chi connectivity index (χ4n) is 2.26. The Morgan fingerprint density at radius 2 is 2.29 bits per heavy atom. The minimum Gasteiger partial charge on any atom is -0.481 e. The molecule has 0 aromatic heterocycles. The number of carbonyl (C=O) groups is 1. The number of nitrogens with zero attached hydrogens (tertiary/aromatic N) is 2. The third-order valence-electron chi connectivity index (χ3n) is 3.43. The Balaban J connectivity index is 2.28. The normalized spacial score (nSPS) is 22.1. The van der Waals surface area contributed by atoms with Crippen molar-refractivity contribution in [3.8, 4) is 6.07 Å². The molecular weight excluding hydrogens is 216 g/mol. The molecule has 96 valence electrons. The smallest absolute Gasteiger partial charge is 0.307 e. The molecule has 4 heteroatoms. The van der Waals surface area contributed by atoms with E-state index in [0.717, 1.165) is 38.8 Å². The molecule has 4 nitrogen and oxygen atoms in total. The summed E-state index contributed by atoms with van der Waals surface area (Å²) in [5.74, 6) is -0.875. The van der Waals surface area contributed by atoms with Crippen LogP contribution in [0, 0.1) is 22.7 Å². The summed E-state index contributed by atoms with van der Waals surface area (Å²) in [6, 6.07) is 2.29. The van der Waals surface area contributed by atoms with Gasteiger partial charge in [0.2, 0.25) is 0 Å². The van der Waals surface area contributed by atoms with Gasteiger partial charge in [0.1, 0.15) is 0 Å². The molecule has 1 aliphatic heterocycles. The number of likely N-dealkylation sites (tertiary alicyclic amines) is 1. The Bertz CT molecular complexity index is 307. The molecule has 17 heavy (non-hydrogen) atoms. The molecule has 1 atom stereocenters. The maximum Gasteiger partial charge on any atom is 0.307 e. The first kappa shape index (κ1) is 14.0. The highest BCUT2D eigenvalue weighted by atomic mass is 16.4. The second-order valence-electron chi connectivity index (χ2n) is 5.58. The Kier molecular flexibility index (Phi) is 4.95. The van der Waals surface area contributed by atoms with E-state index >= 15 is 0 Å². The van der Waals surface area contributed by atoms with Crippen molar-refractivity contribution in [2.45, 2.75) is 39.5 Å². The van der Waals surface area contributed by atoms with Crippen LogP contribution in [0.2, 0.25) is 0 Å². The van der Waals surface area contributed by atoms with Crippen molar-refractivity contribution < 1.29 is 9.90 Å². The van der Waals surface area contributed by atoms with Gasteiger partial charge in [0.05, 0.1) is 17.4 Å². The van der Waals surface area contributed by atoms with Crippen LogP contribution in [-0.4, -0.2) is 35.6 Å². The predicted molar refractivity (Wildman–Crippen MR) is 65.4 cm³/mol. The van der Waals surface area contributed by atoms with Crippen molar-refractivity contribution in [3.05, 3.63) is 0 Å². The van der Waals surface area contributed by atoms with E-state index in [9.17, 15) is 4.79 Å². The Morgan fingerprint density at radius 3 is 2.88 bits per heavy atom. The minimum absolute atomic E-state index is 0.201. The van der Waals surface area contributed by atoms with Crippen molar-refractivity contribution in [2.24, 2.45) is 11.3 Å². The lowest BCUT2D eigenvalue weighted by Crippen LogP contribution is -2.39. The van der Waals surface area contributed by atoms with Crippen LogP contribution < -0.4 is 0 Å². The SMILES string of the molecule is CC(C)(C#N)CCCN1CCCC(C(=O)O)C1. The van der Waals surface area contributed by atoms with E-state index in [2.05, 4.69) is 11.0 Å². The molecular formula is C13H22N2O2. The van der Waals surface area contributed by atoms with Crippen LogP contribution in [-0.2, 0) is 4.79 Å². The summed E-state index contributed by atoms with van der Waals surface area (Å²) in [5, 5.41) is 17.9. The van der Waals surface area contributed by atoms with Crippen molar-refractivity contribution in [1.82, 2.24) is 4.90 Å². The standard InChI is InChI=1S/C13H22N2O2/c1-13(2,10-14)6-4-8-15-7-3-5-11(9-15)12(16)17/h11H,3-9H2,1-2H3,(H,16,17). The summed E-state index contributed by atoms with van der Waals surface area (Å²) in [7, 11) is 0. The van der Waals surface area contributed by atoms with Gasteiger partial charge in [-0.3, -0.25) is 4.79 Å². The predicted octanol–water partition coefficient (Wildman–Crippen LogP) is 2.11. The van der Waals surface area contributed by atoms with E-state index in [4.69, 9.17) is 10.4 Å². The molecule has 0 radical (unpaired) electrons. The monoisotopic (exact) mass is 238 g/mol. The van der Waals surface area contributed by atoms with Crippen LogP contribution in [0.5, 0.6) is 0 Å². The molecule has 0 bridgehead atoms. The van der Waals surface area contributed by atoms with Crippen molar-refractivity contribution in [1.29, 1.82) is 5.26 Å². The number of aliphatic carboxylic acids is 1. The van der Waals surface area contributed by atoms with Gasteiger partial charge in [-0.25, -0.2) is 0 Å². The lowest BCUT2D eigenvalue weighted by Gasteiger charge is -2.31. The summed E-state index contributed by atoms with van der Waals surface area (Å²) in [5.41, 5.74) is -0.262. The van der Waals surface area contributed by atoms with Gasteiger partial charge >= 0.3 is 5.97 Å². The number of nitriles is 1. The minimum atomic E-state index is -0.674. The molecule has 0 saturated carbocycles. The average Bonchev–Trinajstić information content (AvgIpc) is 2.29. The lowest BCUT2D eigenvalue weighted by atomic mass is 9.89. The number of carboxylic acid groups (broad SMARTS) is 1. The van der Waals surface area contributed by atoms with E-state index in [0.29, 0.717) is 6.54 Å². The molecule has 0 aromatic rings. The lowest BCUT2D eigenvalue weighted by molar-refractivity contribution is -0.143. The molecule has 1 unspecified atom stereocenters. The van der Waals surface area contributed by atoms with E-state index < -0.39 is 5.97 Å². The third kappa shape index (κ3) is 4.74. The highest BCUT2D eigenvalue weighted by Gasteiger charge is 2.25. The van der Waals surface area contributed by atoms with Gasteiger partial charge in [-0.1, -0.05) is 0 Å².